The number of amides is 1. The number of carbonyl (C=O) groups excluding carboxylic acids is 2. The fourth-order valence-corrected chi connectivity index (χ4v) is 3.51. The number of aromatic nitrogens is 1. The van der Waals surface area contributed by atoms with E-state index in [1.165, 1.54) is 30.3 Å². The van der Waals surface area contributed by atoms with Crippen LogP contribution in [0.25, 0.3) is 5.69 Å². The molecule has 0 saturated heterocycles. The first kappa shape index (κ1) is 20.9. The molecule has 5 nitrogen and oxygen atoms in total. The van der Waals surface area contributed by atoms with Gasteiger partial charge in [-0.15, -0.1) is 0 Å². The largest absolute Gasteiger partial charge is 0.452 e. The van der Waals surface area contributed by atoms with Gasteiger partial charge in [0.15, 0.2) is 6.61 Å². The number of rotatable bonds is 5. The number of hydrogen-bond acceptors (Lipinski definition) is 3. The van der Waals surface area contributed by atoms with Gasteiger partial charge >= 0.3 is 5.97 Å². The van der Waals surface area contributed by atoms with Crippen LogP contribution in [0.4, 0.5) is 10.1 Å². The van der Waals surface area contributed by atoms with Crippen LogP contribution in [-0.2, 0) is 9.53 Å². The summed E-state index contributed by atoms with van der Waals surface area (Å²) in [7, 11) is 0. The van der Waals surface area contributed by atoms with E-state index in [4.69, 9.17) is 27.9 Å². The third-order valence-electron chi connectivity index (χ3n) is 4.22. The SMILES string of the molecule is Cc1cc(C(=O)OCC(=O)Nc2cc(Cl)cc(Cl)c2)c(C)n1-c1ccc(F)cc1. The molecule has 1 amide bonds. The van der Waals surface area contributed by atoms with E-state index < -0.39 is 18.5 Å². The van der Waals surface area contributed by atoms with Crippen molar-refractivity contribution >= 4 is 40.8 Å². The van der Waals surface area contributed by atoms with Crippen molar-refractivity contribution in [1.82, 2.24) is 4.57 Å². The summed E-state index contributed by atoms with van der Waals surface area (Å²) in [6, 6.07) is 12.2. The van der Waals surface area contributed by atoms with Gasteiger partial charge in [0.05, 0.1) is 5.56 Å². The highest BCUT2D eigenvalue weighted by Gasteiger charge is 2.19. The van der Waals surface area contributed by atoms with Crippen molar-refractivity contribution in [3.8, 4) is 5.69 Å². The summed E-state index contributed by atoms with van der Waals surface area (Å²) in [6.07, 6.45) is 0. The third-order valence-corrected chi connectivity index (χ3v) is 4.65. The Morgan fingerprint density at radius 2 is 1.66 bits per heavy atom. The highest BCUT2D eigenvalue weighted by molar-refractivity contribution is 6.35. The van der Waals surface area contributed by atoms with E-state index in [0.29, 0.717) is 27.0 Å². The van der Waals surface area contributed by atoms with Gasteiger partial charge in [0.2, 0.25) is 0 Å². The Kier molecular flexibility index (Phi) is 6.25. The van der Waals surface area contributed by atoms with Crippen molar-refractivity contribution in [3.63, 3.8) is 0 Å². The number of esters is 1. The highest BCUT2D eigenvalue weighted by Crippen LogP contribution is 2.23. The molecule has 1 N–H and O–H groups in total. The van der Waals surface area contributed by atoms with Crippen LogP contribution in [0.3, 0.4) is 0 Å². The number of aryl methyl sites for hydroxylation is 1. The summed E-state index contributed by atoms with van der Waals surface area (Å²) in [6.45, 7) is 3.10. The van der Waals surface area contributed by atoms with Gasteiger partial charge in [0.1, 0.15) is 5.82 Å². The predicted molar refractivity (Wildman–Crippen MR) is 111 cm³/mol. The molecule has 3 rings (SSSR count). The minimum atomic E-state index is -0.634. The maximum Gasteiger partial charge on any atom is 0.340 e. The Morgan fingerprint density at radius 1 is 1.03 bits per heavy atom. The number of benzene rings is 2. The molecule has 29 heavy (non-hydrogen) atoms. The molecule has 0 aliphatic rings. The van der Waals surface area contributed by atoms with E-state index in [0.717, 1.165) is 11.4 Å². The molecular weight excluding hydrogens is 418 g/mol. The molecule has 0 unspecified atom stereocenters. The van der Waals surface area contributed by atoms with Gasteiger partial charge in [-0.3, -0.25) is 4.79 Å². The lowest BCUT2D eigenvalue weighted by molar-refractivity contribution is -0.119. The molecule has 0 aliphatic carbocycles. The van der Waals surface area contributed by atoms with Crippen LogP contribution in [0.1, 0.15) is 21.7 Å². The van der Waals surface area contributed by atoms with Gasteiger partial charge in [0, 0.05) is 32.8 Å². The summed E-state index contributed by atoms with van der Waals surface area (Å²) in [5, 5.41) is 3.31. The van der Waals surface area contributed by atoms with Crippen LogP contribution < -0.4 is 5.32 Å². The number of nitrogens with one attached hydrogen (secondary N) is 1. The molecule has 0 aliphatic heterocycles. The number of nitrogens with zero attached hydrogens (tertiary/aromatic N) is 1. The second-order valence-electron chi connectivity index (χ2n) is 6.38. The number of halogens is 3. The van der Waals surface area contributed by atoms with Crippen molar-refractivity contribution in [2.75, 3.05) is 11.9 Å². The molecule has 0 spiro atoms. The maximum atomic E-state index is 13.2. The molecule has 0 bridgehead atoms. The fourth-order valence-electron chi connectivity index (χ4n) is 2.99. The second-order valence-corrected chi connectivity index (χ2v) is 7.25. The second kappa shape index (κ2) is 8.68. The van der Waals surface area contributed by atoms with Crippen molar-refractivity contribution in [1.29, 1.82) is 0 Å². The van der Waals surface area contributed by atoms with Crippen LogP contribution in [0, 0.1) is 19.7 Å². The molecule has 150 valence electrons. The van der Waals surface area contributed by atoms with Gasteiger partial charge in [-0.1, -0.05) is 23.2 Å². The van der Waals surface area contributed by atoms with E-state index in [9.17, 15) is 14.0 Å². The van der Waals surface area contributed by atoms with Crippen LogP contribution in [0.2, 0.25) is 10.0 Å². The van der Waals surface area contributed by atoms with Crippen molar-refractivity contribution < 1.29 is 18.7 Å². The van der Waals surface area contributed by atoms with E-state index in [-0.39, 0.29) is 5.82 Å². The van der Waals surface area contributed by atoms with Crippen LogP contribution in [0.15, 0.2) is 48.5 Å². The fraction of sp³-hybridized carbons (Fsp3) is 0.143. The lowest BCUT2D eigenvalue weighted by Gasteiger charge is -2.10. The first-order valence-corrected chi connectivity index (χ1v) is 9.38. The van der Waals surface area contributed by atoms with Crippen LogP contribution in [0.5, 0.6) is 0 Å². The van der Waals surface area contributed by atoms with Gasteiger partial charge in [-0.05, 0) is 62.4 Å². The summed E-state index contributed by atoms with van der Waals surface area (Å²) in [5.74, 6) is -1.50. The van der Waals surface area contributed by atoms with Gasteiger partial charge in [-0.2, -0.15) is 0 Å². The smallest absolute Gasteiger partial charge is 0.340 e. The molecule has 0 fully saturated rings. The van der Waals surface area contributed by atoms with E-state index in [2.05, 4.69) is 5.32 Å². The molecule has 2 aromatic carbocycles. The Bertz CT molecular complexity index is 1060. The van der Waals surface area contributed by atoms with E-state index in [1.807, 2.05) is 11.5 Å². The first-order chi connectivity index (χ1) is 13.7. The van der Waals surface area contributed by atoms with Gasteiger partial charge in [-0.25, -0.2) is 9.18 Å². The third kappa shape index (κ3) is 4.96. The molecule has 1 heterocycles. The zero-order valence-electron chi connectivity index (χ0n) is 15.6. The van der Waals surface area contributed by atoms with Crippen molar-refractivity contribution in [2.45, 2.75) is 13.8 Å². The van der Waals surface area contributed by atoms with E-state index >= 15 is 0 Å². The van der Waals surface area contributed by atoms with Gasteiger partial charge < -0.3 is 14.6 Å². The van der Waals surface area contributed by atoms with Crippen LogP contribution >= 0.6 is 23.2 Å². The Labute approximate surface area is 177 Å². The number of ether oxygens (including phenoxy) is 1. The highest BCUT2D eigenvalue weighted by atomic mass is 35.5. The minimum Gasteiger partial charge on any atom is -0.452 e. The molecule has 3 aromatic rings. The van der Waals surface area contributed by atoms with Crippen LogP contribution in [-0.4, -0.2) is 23.1 Å². The minimum absolute atomic E-state index is 0.324. The topological polar surface area (TPSA) is 60.3 Å². The first-order valence-electron chi connectivity index (χ1n) is 8.62. The molecular formula is C21H17Cl2FN2O3. The number of hydrogen-bond donors (Lipinski definition) is 1. The lowest BCUT2D eigenvalue weighted by Crippen LogP contribution is -2.21. The Morgan fingerprint density at radius 3 is 2.28 bits per heavy atom. The standard InChI is InChI=1S/C21H17Cl2FN2O3/c1-12-7-19(13(2)26(12)18-5-3-16(24)4-6-18)21(28)29-11-20(27)25-17-9-14(22)8-15(23)10-17/h3-10H,11H2,1-2H3,(H,25,27). The normalized spacial score (nSPS) is 10.7. The predicted octanol–water partition coefficient (Wildman–Crippen LogP) is 5.34. The average molecular weight is 435 g/mol. The summed E-state index contributed by atoms with van der Waals surface area (Å²) in [5.41, 5.74) is 2.85. The molecule has 1 aromatic heterocycles. The monoisotopic (exact) mass is 434 g/mol. The van der Waals surface area contributed by atoms with Gasteiger partial charge in [0.25, 0.3) is 5.91 Å². The van der Waals surface area contributed by atoms with Crippen molar-refractivity contribution in [3.05, 3.63) is 81.3 Å². The lowest BCUT2D eigenvalue weighted by atomic mass is 10.2. The van der Waals surface area contributed by atoms with Crippen molar-refractivity contribution in [2.24, 2.45) is 0 Å². The zero-order valence-corrected chi connectivity index (χ0v) is 17.1. The van der Waals surface area contributed by atoms with E-state index in [1.54, 1.807) is 25.1 Å². The Balaban J connectivity index is 1.69. The quantitative estimate of drug-likeness (QED) is 0.551. The average Bonchev–Trinajstić information content (AvgIpc) is 2.94. The summed E-state index contributed by atoms with van der Waals surface area (Å²) in [4.78, 5) is 24.5. The molecule has 8 heteroatoms. The molecule has 0 radical (unpaired) electrons. The summed E-state index contributed by atoms with van der Waals surface area (Å²) >= 11 is 11.8. The zero-order chi connectivity index (χ0) is 21.1. The summed E-state index contributed by atoms with van der Waals surface area (Å²) < 4.78 is 20.1. The Hall–Kier alpha value is -2.83. The number of carbonyl (C=O) groups is 2. The molecule has 0 saturated carbocycles. The molecule has 0 atom stereocenters. The maximum absolute atomic E-state index is 13.2. The number of anilines is 1.